The Morgan fingerprint density at radius 1 is 1.03 bits per heavy atom. The van der Waals surface area contributed by atoms with E-state index in [9.17, 15) is 9.18 Å². The second-order valence-corrected chi connectivity index (χ2v) is 9.94. The van der Waals surface area contributed by atoms with Crippen molar-refractivity contribution in [2.75, 3.05) is 5.32 Å². The summed E-state index contributed by atoms with van der Waals surface area (Å²) in [6.07, 6.45) is 1.62. The first-order valence-electron chi connectivity index (χ1n) is 10.6. The van der Waals surface area contributed by atoms with Crippen LogP contribution in [0.1, 0.15) is 42.2 Å². The van der Waals surface area contributed by atoms with Crippen molar-refractivity contribution in [2.24, 2.45) is 0 Å². The summed E-state index contributed by atoms with van der Waals surface area (Å²) < 4.78 is 19.5. The van der Waals surface area contributed by atoms with Crippen LogP contribution in [-0.2, 0) is 4.74 Å². The van der Waals surface area contributed by atoms with Crippen LogP contribution in [0.5, 0.6) is 0 Å². The molecule has 162 valence electrons. The Morgan fingerprint density at radius 3 is 2.31 bits per heavy atom. The lowest BCUT2D eigenvalue weighted by molar-refractivity contribution is 0.123. The van der Waals surface area contributed by atoms with E-state index in [-0.39, 0.29) is 11.2 Å². The lowest BCUT2D eigenvalue weighted by Crippen LogP contribution is -2.15. The second kappa shape index (κ2) is 8.88. The number of rotatable bonds is 6. The van der Waals surface area contributed by atoms with E-state index in [1.54, 1.807) is 0 Å². The molecule has 1 aliphatic rings. The van der Waals surface area contributed by atoms with Crippen LogP contribution in [-0.4, -0.2) is 6.09 Å². The van der Waals surface area contributed by atoms with Crippen LogP contribution in [0.2, 0.25) is 0 Å². The van der Waals surface area contributed by atoms with Gasteiger partial charge in [-0.25, -0.2) is 4.79 Å². The van der Waals surface area contributed by atoms with Gasteiger partial charge in [-0.05, 0) is 59.4 Å². The maximum absolute atomic E-state index is 14.1. The van der Waals surface area contributed by atoms with Crippen molar-refractivity contribution in [3.8, 4) is 21.6 Å². The zero-order chi connectivity index (χ0) is 22.1. The van der Waals surface area contributed by atoms with Crippen LogP contribution < -0.4 is 5.32 Å². The van der Waals surface area contributed by atoms with Crippen LogP contribution in [0.3, 0.4) is 0 Å². The highest BCUT2D eigenvalue weighted by Crippen LogP contribution is 2.41. The van der Waals surface area contributed by atoms with Crippen LogP contribution in [0.25, 0.3) is 21.6 Å². The Morgan fingerprint density at radius 2 is 1.69 bits per heavy atom. The topological polar surface area (TPSA) is 38.3 Å². The molecule has 0 saturated heterocycles. The van der Waals surface area contributed by atoms with E-state index in [1.807, 2.05) is 48.7 Å². The molecule has 2 aromatic heterocycles. The van der Waals surface area contributed by atoms with Crippen molar-refractivity contribution in [2.45, 2.75) is 31.8 Å². The van der Waals surface area contributed by atoms with Gasteiger partial charge in [0.05, 0.1) is 10.6 Å². The Labute approximate surface area is 194 Å². The summed E-state index contributed by atoms with van der Waals surface area (Å²) in [5.41, 5.74) is 4.93. The monoisotopic (exact) mass is 463 g/mol. The quantitative estimate of drug-likeness (QED) is 0.311. The number of benzene rings is 2. The van der Waals surface area contributed by atoms with Gasteiger partial charge in [-0.2, -0.15) is 4.39 Å². The van der Waals surface area contributed by atoms with Gasteiger partial charge in [-0.3, -0.25) is 5.32 Å². The fourth-order valence-corrected chi connectivity index (χ4v) is 5.28. The third kappa shape index (κ3) is 4.61. The van der Waals surface area contributed by atoms with Gasteiger partial charge in [0.1, 0.15) is 6.10 Å². The minimum Gasteiger partial charge on any atom is -0.441 e. The molecule has 5 rings (SSSR count). The Balaban J connectivity index is 1.31. The van der Waals surface area contributed by atoms with E-state index in [0.29, 0.717) is 10.6 Å². The minimum atomic E-state index is -0.600. The van der Waals surface area contributed by atoms with Gasteiger partial charge in [0.15, 0.2) is 5.13 Å². The Hall–Kier alpha value is -2.96. The van der Waals surface area contributed by atoms with Crippen molar-refractivity contribution >= 4 is 34.5 Å². The predicted octanol–water partition coefficient (Wildman–Crippen LogP) is 8.47. The van der Waals surface area contributed by atoms with E-state index in [4.69, 9.17) is 4.74 Å². The smallest absolute Gasteiger partial charge is 0.412 e. The molecule has 1 amide bonds. The summed E-state index contributed by atoms with van der Waals surface area (Å²) in [6, 6.07) is 21.9. The first kappa shape index (κ1) is 20.9. The molecule has 6 heteroatoms. The third-order valence-corrected chi connectivity index (χ3v) is 7.61. The Kier molecular flexibility index (Phi) is 5.81. The molecule has 2 aromatic carbocycles. The van der Waals surface area contributed by atoms with Crippen molar-refractivity contribution < 1.29 is 13.9 Å². The number of thiophene rings is 2. The summed E-state index contributed by atoms with van der Waals surface area (Å²) in [6.45, 7) is 1.82. The number of carbonyl (C=O) groups excluding carboxylic acids is 1. The summed E-state index contributed by atoms with van der Waals surface area (Å²) in [7, 11) is 0. The molecule has 1 fully saturated rings. The normalized spacial score (nSPS) is 14.2. The molecule has 0 bridgehead atoms. The zero-order valence-electron chi connectivity index (χ0n) is 17.5. The molecule has 4 aromatic rings. The van der Waals surface area contributed by atoms with Gasteiger partial charge in [-0.1, -0.05) is 54.6 Å². The van der Waals surface area contributed by atoms with Crippen LogP contribution >= 0.6 is 22.7 Å². The molecule has 1 N–H and O–H groups in total. The lowest BCUT2D eigenvalue weighted by Gasteiger charge is -2.13. The first-order chi connectivity index (χ1) is 15.6. The number of amides is 1. The Bertz CT molecular complexity index is 1210. The van der Waals surface area contributed by atoms with E-state index in [0.717, 1.165) is 38.8 Å². The summed E-state index contributed by atoms with van der Waals surface area (Å²) in [5, 5.41) is 4.28. The standard InChI is InChI=1S/C26H22FNO2S2/c1-16(23-3-2-14-31-23)30-26(29)28-22-15-24(27)32-25(22)21-12-10-20(11-13-21)19-8-6-18(7-9-19)17-4-5-17/h2-3,6-17H,4-5H2,1H3,(H,28,29)/t16-/m1/s1. The first-order valence-corrected chi connectivity index (χ1v) is 12.3. The second-order valence-electron chi connectivity index (χ2n) is 7.95. The SMILES string of the molecule is C[C@@H](OC(=O)Nc1cc(F)sc1-c1ccc(-c2ccc(C3CC3)cc2)cc1)c1cccs1. The summed E-state index contributed by atoms with van der Waals surface area (Å²) >= 11 is 2.53. The highest BCUT2D eigenvalue weighted by atomic mass is 32.1. The number of carbonyl (C=O) groups is 1. The number of anilines is 1. The van der Waals surface area contributed by atoms with Gasteiger partial charge in [0, 0.05) is 10.9 Å². The van der Waals surface area contributed by atoms with E-state index < -0.39 is 6.09 Å². The predicted molar refractivity (Wildman–Crippen MR) is 130 cm³/mol. The number of nitrogens with one attached hydrogen (secondary N) is 1. The molecular weight excluding hydrogens is 441 g/mol. The lowest BCUT2D eigenvalue weighted by atomic mass is 10.0. The van der Waals surface area contributed by atoms with Crippen molar-refractivity contribution in [3.05, 3.63) is 87.7 Å². The van der Waals surface area contributed by atoms with Crippen LogP contribution in [0.4, 0.5) is 14.9 Å². The van der Waals surface area contributed by atoms with Gasteiger partial charge in [0.25, 0.3) is 0 Å². The molecular formula is C26H22FNO2S2. The molecule has 32 heavy (non-hydrogen) atoms. The number of halogens is 1. The fourth-order valence-electron chi connectivity index (χ4n) is 3.73. The molecule has 0 radical (unpaired) electrons. The molecule has 0 unspecified atom stereocenters. The van der Waals surface area contributed by atoms with Crippen molar-refractivity contribution in [3.63, 3.8) is 0 Å². The molecule has 1 aliphatic carbocycles. The average molecular weight is 464 g/mol. The van der Waals surface area contributed by atoms with E-state index >= 15 is 0 Å². The maximum atomic E-state index is 14.1. The van der Waals surface area contributed by atoms with Crippen molar-refractivity contribution in [1.82, 2.24) is 0 Å². The zero-order valence-corrected chi connectivity index (χ0v) is 19.1. The van der Waals surface area contributed by atoms with E-state index in [2.05, 4.69) is 29.6 Å². The molecule has 0 spiro atoms. The number of hydrogen-bond donors (Lipinski definition) is 1. The molecule has 1 atom stereocenters. The largest absolute Gasteiger partial charge is 0.441 e. The van der Waals surface area contributed by atoms with E-state index in [1.165, 1.54) is 35.8 Å². The maximum Gasteiger partial charge on any atom is 0.412 e. The summed E-state index contributed by atoms with van der Waals surface area (Å²) in [4.78, 5) is 14.0. The molecule has 2 heterocycles. The highest BCUT2D eigenvalue weighted by molar-refractivity contribution is 7.14. The molecule has 3 nitrogen and oxygen atoms in total. The average Bonchev–Trinajstić information content (AvgIpc) is 3.37. The summed E-state index contributed by atoms with van der Waals surface area (Å²) in [5.74, 6) is 0.742. The van der Waals surface area contributed by atoms with Crippen molar-refractivity contribution in [1.29, 1.82) is 0 Å². The van der Waals surface area contributed by atoms with Gasteiger partial charge in [-0.15, -0.1) is 22.7 Å². The number of hydrogen-bond acceptors (Lipinski definition) is 4. The fraction of sp³-hybridized carbons (Fsp3) is 0.192. The van der Waals surface area contributed by atoms with Gasteiger partial charge >= 0.3 is 6.09 Å². The van der Waals surface area contributed by atoms with Crippen LogP contribution in [0.15, 0.2) is 72.1 Å². The minimum absolute atomic E-state index is 0.360. The highest BCUT2D eigenvalue weighted by Gasteiger charge is 2.23. The molecule has 0 aliphatic heterocycles. The number of ether oxygens (including phenoxy) is 1. The molecule has 1 saturated carbocycles. The third-order valence-electron chi connectivity index (χ3n) is 5.61. The van der Waals surface area contributed by atoms with Crippen LogP contribution in [0, 0.1) is 5.13 Å². The van der Waals surface area contributed by atoms with Gasteiger partial charge in [0.2, 0.25) is 0 Å². The van der Waals surface area contributed by atoms with Gasteiger partial charge < -0.3 is 4.74 Å².